The van der Waals surface area contributed by atoms with Gasteiger partial charge in [-0.25, -0.2) is 0 Å². The van der Waals surface area contributed by atoms with Crippen molar-refractivity contribution in [3.8, 4) is 11.5 Å². The number of fused-ring (bicyclic) bond motifs is 1. The molecule has 5 heteroatoms. The van der Waals surface area contributed by atoms with Gasteiger partial charge in [-0.05, 0) is 43.2 Å². The second-order valence-electron chi connectivity index (χ2n) is 5.94. The molecule has 3 nitrogen and oxygen atoms in total. The molecule has 1 aliphatic carbocycles. The zero-order chi connectivity index (χ0) is 14.3. The van der Waals surface area contributed by atoms with Crippen LogP contribution in [0, 0.1) is 11.8 Å². The van der Waals surface area contributed by atoms with Crippen molar-refractivity contribution in [1.29, 1.82) is 0 Å². The maximum atomic E-state index is 13.0. The number of benzene rings is 1. The number of hydrogen-bond acceptors (Lipinski definition) is 3. The first kappa shape index (κ1) is 13.5. The van der Waals surface area contributed by atoms with Gasteiger partial charge in [0.2, 0.25) is 0 Å². The SMILES string of the molecule is CC1CCC(Nc2ccc3c(c2)OC(F)(F)O3)CC1C. The van der Waals surface area contributed by atoms with Gasteiger partial charge in [0.1, 0.15) is 0 Å². The van der Waals surface area contributed by atoms with E-state index in [2.05, 4.69) is 28.6 Å². The Morgan fingerprint density at radius 3 is 2.60 bits per heavy atom. The minimum absolute atomic E-state index is 0.0891. The first-order chi connectivity index (χ1) is 9.43. The molecular weight excluding hydrogens is 264 g/mol. The van der Waals surface area contributed by atoms with E-state index >= 15 is 0 Å². The van der Waals surface area contributed by atoms with Crippen LogP contribution < -0.4 is 14.8 Å². The monoisotopic (exact) mass is 283 g/mol. The molecule has 2 aliphatic rings. The molecule has 1 aromatic rings. The lowest BCUT2D eigenvalue weighted by Crippen LogP contribution is -2.30. The third kappa shape index (κ3) is 2.67. The molecule has 0 amide bonds. The van der Waals surface area contributed by atoms with Gasteiger partial charge in [-0.2, -0.15) is 0 Å². The molecule has 1 aromatic carbocycles. The maximum Gasteiger partial charge on any atom is 0.586 e. The lowest BCUT2D eigenvalue weighted by molar-refractivity contribution is -0.286. The molecule has 1 N–H and O–H groups in total. The van der Waals surface area contributed by atoms with E-state index in [9.17, 15) is 8.78 Å². The van der Waals surface area contributed by atoms with Crippen molar-refractivity contribution in [3.05, 3.63) is 18.2 Å². The minimum atomic E-state index is -3.55. The summed E-state index contributed by atoms with van der Waals surface area (Å²) in [7, 11) is 0. The highest BCUT2D eigenvalue weighted by Crippen LogP contribution is 2.42. The fourth-order valence-corrected chi connectivity index (χ4v) is 2.95. The summed E-state index contributed by atoms with van der Waals surface area (Å²) in [5, 5.41) is 3.41. The number of halogens is 2. The van der Waals surface area contributed by atoms with E-state index in [4.69, 9.17) is 0 Å². The van der Waals surface area contributed by atoms with Gasteiger partial charge < -0.3 is 14.8 Å². The molecule has 3 unspecified atom stereocenters. The Balaban J connectivity index is 1.68. The van der Waals surface area contributed by atoms with Crippen LogP contribution in [-0.4, -0.2) is 12.3 Å². The fourth-order valence-electron chi connectivity index (χ4n) is 2.95. The quantitative estimate of drug-likeness (QED) is 0.880. The Hall–Kier alpha value is -1.52. The summed E-state index contributed by atoms with van der Waals surface area (Å²) >= 11 is 0. The van der Waals surface area contributed by atoms with Gasteiger partial charge in [-0.15, -0.1) is 8.78 Å². The second kappa shape index (κ2) is 4.79. The molecule has 1 aliphatic heterocycles. The zero-order valence-corrected chi connectivity index (χ0v) is 11.7. The van der Waals surface area contributed by atoms with Crippen LogP contribution >= 0.6 is 0 Å². The summed E-state index contributed by atoms with van der Waals surface area (Å²) in [5.41, 5.74) is 0.803. The molecule has 1 fully saturated rings. The van der Waals surface area contributed by atoms with Gasteiger partial charge in [0, 0.05) is 17.8 Å². The summed E-state index contributed by atoms with van der Waals surface area (Å²) in [6.07, 6.45) is -0.140. The summed E-state index contributed by atoms with van der Waals surface area (Å²) in [4.78, 5) is 0. The Morgan fingerprint density at radius 2 is 1.85 bits per heavy atom. The highest BCUT2D eigenvalue weighted by Gasteiger charge is 2.43. The van der Waals surface area contributed by atoms with Crippen LogP contribution in [0.25, 0.3) is 0 Å². The van der Waals surface area contributed by atoms with E-state index in [1.165, 1.54) is 12.5 Å². The molecule has 1 heterocycles. The largest absolute Gasteiger partial charge is 0.586 e. The van der Waals surface area contributed by atoms with E-state index in [0.717, 1.165) is 24.4 Å². The van der Waals surface area contributed by atoms with E-state index in [-0.39, 0.29) is 11.5 Å². The normalized spacial score (nSPS) is 31.1. The molecule has 0 aromatic heterocycles. The Bertz CT molecular complexity index is 507. The second-order valence-corrected chi connectivity index (χ2v) is 5.94. The zero-order valence-electron chi connectivity index (χ0n) is 11.7. The molecule has 0 radical (unpaired) electrons. The topological polar surface area (TPSA) is 30.5 Å². The van der Waals surface area contributed by atoms with Crippen molar-refractivity contribution in [2.24, 2.45) is 11.8 Å². The Morgan fingerprint density at radius 1 is 1.10 bits per heavy atom. The first-order valence-corrected chi connectivity index (χ1v) is 7.09. The summed E-state index contributed by atoms with van der Waals surface area (Å²) in [5.74, 6) is 1.62. The van der Waals surface area contributed by atoms with Crippen LogP contribution in [0.5, 0.6) is 11.5 Å². The summed E-state index contributed by atoms with van der Waals surface area (Å²) in [6, 6.07) is 5.25. The average Bonchev–Trinajstić information content (AvgIpc) is 2.67. The Kier molecular flexibility index (Phi) is 3.22. The number of ether oxygens (including phenoxy) is 2. The van der Waals surface area contributed by atoms with Crippen molar-refractivity contribution in [1.82, 2.24) is 0 Å². The summed E-state index contributed by atoms with van der Waals surface area (Å²) < 4.78 is 34.8. The number of alkyl halides is 2. The number of anilines is 1. The molecular formula is C15H19F2NO2. The molecule has 0 spiro atoms. The fraction of sp³-hybridized carbons (Fsp3) is 0.600. The van der Waals surface area contributed by atoms with E-state index in [1.54, 1.807) is 12.1 Å². The minimum Gasteiger partial charge on any atom is -0.395 e. The Labute approximate surface area is 117 Å². The smallest absolute Gasteiger partial charge is 0.395 e. The number of hydrogen-bond donors (Lipinski definition) is 1. The number of rotatable bonds is 2. The van der Waals surface area contributed by atoms with Gasteiger partial charge in [0.05, 0.1) is 0 Å². The lowest BCUT2D eigenvalue weighted by Gasteiger charge is -2.33. The number of nitrogens with one attached hydrogen (secondary N) is 1. The lowest BCUT2D eigenvalue weighted by atomic mass is 9.79. The molecule has 110 valence electrons. The predicted octanol–water partition coefficient (Wildman–Crippen LogP) is 4.24. The van der Waals surface area contributed by atoms with Crippen molar-refractivity contribution >= 4 is 5.69 Å². The van der Waals surface area contributed by atoms with Crippen LogP contribution in [0.2, 0.25) is 0 Å². The van der Waals surface area contributed by atoms with Crippen LogP contribution in [-0.2, 0) is 0 Å². The molecule has 20 heavy (non-hydrogen) atoms. The third-order valence-electron chi connectivity index (χ3n) is 4.37. The molecule has 1 saturated carbocycles. The predicted molar refractivity (Wildman–Crippen MR) is 72.2 cm³/mol. The van der Waals surface area contributed by atoms with E-state index in [1.807, 2.05) is 0 Å². The van der Waals surface area contributed by atoms with Gasteiger partial charge in [0.25, 0.3) is 0 Å². The molecule has 3 rings (SSSR count). The van der Waals surface area contributed by atoms with Gasteiger partial charge in [-0.1, -0.05) is 13.8 Å². The van der Waals surface area contributed by atoms with Crippen LogP contribution in [0.4, 0.5) is 14.5 Å². The van der Waals surface area contributed by atoms with Crippen LogP contribution in [0.1, 0.15) is 33.1 Å². The highest BCUT2D eigenvalue weighted by atomic mass is 19.3. The molecule has 0 saturated heterocycles. The van der Waals surface area contributed by atoms with Gasteiger partial charge in [-0.3, -0.25) is 0 Å². The molecule has 0 bridgehead atoms. The highest BCUT2D eigenvalue weighted by molar-refractivity contribution is 5.56. The summed E-state index contributed by atoms with van der Waals surface area (Å²) in [6.45, 7) is 4.54. The average molecular weight is 283 g/mol. The van der Waals surface area contributed by atoms with Gasteiger partial charge >= 0.3 is 6.29 Å². The third-order valence-corrected chi connectivity index (χ3v) is 4.37. The van der Waals surface area contributed by atoms with E-state index < -0.39 is 6.29 Å². The van der Waals surface area contributed by atoms with Crippen molar-refractivity contribution in [2.75, 3.05) is 5.32 Å². The first-order valence-electron chi connectivity index (χ1n) is 7.09. The van der Waals surface area contributed by atoms with Crippen molar-refractivity contribution in [3.63, 3.8) is 0 Å². The van der Waals surface area contributed by atoms with Gasteiger partial charge in [0.15, 0.2) is 11.5 Å². The maximum absolute atomic E-state index is 13.0. The van der Waals surface area contributed by atoms with E-state index in [0.29, 0.717) is 12.0 Å². The van der Waals surface area contributed by atoms with Crippen LogP contribution in [0.15, 0.2) is 18.2 Å². The standard InChI is InChI=1S/C15H19F2NO2/c1-9-3-4-11(7-10(9)2)18-12-5-6-13-14(8-12)20-15(16,17)19-13/h5-6,8-11,18H,3-4,7H2,1-2H3. The van der Waals surface area contributed by atoms with Crippen molar-refractivity contribution < 1.29 is 18.3 Å². The van der Waals surface area contributed by atoms with Crippen molar-refractivity contribution in [2.45, 2.75) is 45.4 Å². The molecule has 3 atom stereocenters. The van der Waals surface area contributed by atoms with Crippen LogP contribution in [0.3, 0.4) is 0 Å².